The number of rotatable bonds is 1. The van der Waals surface area contributed by atoms with E-state index in [1.807, 2.05) is 18.2 Å². The maximum Gasteiger partial charge on any atom is 0.113 e. The molecule has 0 fully saturated rings. The minimum atomic E-state index is -0.128. The van der Waals surface area contributed by atoms with Gasteiger partial charge in [0.15, 0.2) is 0 Å². The Balaban J connectivity index is 1.93. The van der Waals surface area contributed by atoms with Crippen LogP contribution < -0.4 is 0 Å². The van der Waals surface area contributed by atoms with E-state index in [0.717, 1.165) is 22.3 Å². The third-order valence-corrected chi connectivity index (χ3v) is 5.51. The molecule has 1 aliphatic heterocycles. The lowest BCUT2D eigenvalue weighted by molar-refractivity contribution is 0.433. The van der Waals surface area contributed by atoms with Crippen molar-refractivity contribution in [2.24, 2.45) is 4.99 Å². The lowest BCUT2D eigenvalue weighted by Crippen LogP contribution is -2.32. The van der Waals surface area contributed by atoms with Crippen LogP contribution in [0.4, 0.5) is 0 Å². The molecular formula is C18H17N3S. The highest BCUT2D eigenvalue weighted by Crippen LogP contribution is 2.40. The summed E-state index contributed by atoms with van der Waals surface area (Å²) in [5.74, 6) is 0.408. The molecule has 0 aliphatic carbocycles. The molecule has 4 rings (SSSR count). The molecule has 3 nitrogen and oxygen atoms in total. The maximum absolute atomic E-state index is 5.01. The Kier molecular flexibility index (Phi) is 2.91. The first kappa shape index (κ1) is 13.6. The summed E-state index contributed by atoms with van der Waals surface area (Å²) in [4.78, 5) is 6.24. The minimum Gasteiger partial charge on any atom is -0.275 e. The zero-order valence-corrected chi connectivity index (χ0v) is 13.7. The molecule has 1 atom stereocenters. The van der Waals surface area contributed by atoms with E-state index in [0.29, 0.717) is 5.92 Å². The third kappa shape index (κ3) is 1.98. The summed E-state index contributed by atoms with van der Waals surface area (Å²) in [6, 6.07) is 12.4. The fourth-order valence-electron chi connectivity index (χ4n) is 2.94. The monoisotopic (exact) mass is 307 g/mol. The van der Waals surface area contributed by atoms with Crippen LogP contribution in [0, 0.1) is 0 Å². The number of hydrogen-bond acceptors (Lipinski definition) is 4. The van der Waals surface area contributed by atoms with Gasteiger partial charge in [-0.1, -0.05) is 25.1 Å². The molecule has 0 spiro atoms. The van der Waals surface area contributed by atoms with Gasteiger partial charge >= 0.3 is 0 Å². The normalized spacial score (nSPS) is 19.8. The van der Waals surface area contributed by atoms with Crippen molar-refractivity contribution in [3.8, 4) is 0 Å². The van der Waals surface area contributed by atoms with Crippen LogP contribution in [0.1, 0.15) is 42.8 Å². The molecule has 0 N–H and O–H groups in total. The Morgan fingerprint density at radius 3 is 2.77 bits per heavy atom. The van der Waals surface area contributed by atoms with E-state index < -0.39 is 0 Å². The van der Waals surface area contributed by atoms with E-state index in [2.05, 4.69) is 54.5 Å². The summed E-state index contributed by atoms with van der Waals surface area (Å²) in [5, 5.41) is 12.0. The van der Waals surface area contributed by atoms with Crippen molar-refractivity contribution in [1.82, 2.24) is 10.2 Å². The lowest BCUT2D eigenvalue weighted by Gasteiger charge is -2.33. The average molecular weight is 307 g/mol. The van der Waals surface area contributed by atoms with Crippen LogP contribution >= 0.6 is 11.3 Å². The molecule has 1 unspecified atom stereocenters. The second-order valence-electron chi connectivity index (χ2n) is 6.33. The van der Waals surface area contributed by atoms with Gasteiger partial charge in [0.05, 0.1) is 15.9 Å². The van der Waals surface area contributed by atoms with Crippen molar-refractivity contribution in [3.05, 3.63) is 57.9 Å². The molecule has 1 aromatic carbocycles. The first-order chi connectivity index (χ1) is 10.6. The van der Waals surface area contributed by atoms with Gasteiger partial charge in [-0.25, -0.2) is 0 Å². The van der Waals surface area contributed by atoms with Gasteiger partial charge in [-0.3, -0.25) is 4.99 Å². The van der Waals surface area contributed by atoms with Crippen LogP contribution in [0.3, 0.4) is 0 Å². The van der Waals surface area contributed by atoms with Gasteiger partial charge in [0.1, 0.15) is 11.4 Å². The van der Waals surface area contributed by atoms with Gasteiger partial charge in [0.25, 0.3) is 0 Å². The number of benzene rings is 1. The number of hydrogen-bond donors (Lipinski definition) is 0. The largest absolute Gasteiger partial charge is 0.275 e. The van der Waals surface area contributed by atoms with Gasteiger partial charge in [-0.2, -0.15) is 0 Å². The SMILES string of the molecule is CC1c2ccsc2C(c2cc3ccccc3nn2)=NC1(C)C. The smallest absolute Gasteiger partial charge is 0.113 e. The predicted octanol–water partition coefficient (Wildman–Crippen LogP) is 4.42. The van der Waals surface area contributed by atoms with Crippen LogP contribution in [0.2, 0.25) is 0 Å². The molecule has 2 aromatic heterocycles. The van der Waals surface area contributed by atoms with Gasteiger partial charge < -0.3 is 0 Å². The summed E-state index contributed by atoms with van der Waals surface area (Å²) in [7, 11) is 0. The van der Waals surface area contributed by atoms with Crippen molar-refractivity contribution in [2.75, 3.05) is 0 Å². The van der Waals surface area contributed by atoms with Crippen LogP contribution in [-0.2, 0) is 0 Å². The van der Waals surface area contributed by atoms with Crippen molar-refractivity contribution in [1.29, 1.82) is 0 Å². The predicted molar refractivity (Wildman–Crippen MR) is 92.0 cm³/mol. The summed E-state index contributed by atoms with van der Waals surface area (Å²) in [6.07, 6.45) is 0. The molecule has 3 aromatic rings. The average Bonchev–Trinajstić information content (AvgIpc) is 3.00. The Labute approximate surface area is 133 Å². The summed E-state index contributed by atoms with van der Waals surface area (Å²) in [6.45, 7) is 6.62. The van der Waals surface area contributed by atoms with Gasteiger partial charge in [-0.15, -0.1) is 21.5 Å². The van der Waals surface area contributed by atoms with Crippen LogP contribution in [0.15, 0.2) is 46.8 Å². The highest BCUT2D eigenvalue weighted by Gasteiger charge is 2.35. The first-order valence-corrected chi connectivity index (χ1v) is 8.35. The molecule has 0 amide bonds. The fourth-order valence-corrected chi connectivity index (χ4v) is 3.94. The van der Waals surface area contributed by atoms with Gasteiger partial charge in [0, 0.05) is 11.3 Å². The molecule has 0 radical (unpaired) electrons. The van der Waals surface area contributed by atoms with Gasteiger partial charge in [-0.05, 0) is 43.0 Å². The van der Waals surface area contributed by atoms with Crippen LogP contribution in [0.25, 0.3) is 10.9 Å². The van der Waals surface area contributed by atoms with Crippen LogP contribution in [0.5, 0.6) is 0 Å². The molecule has 0 bridgehead atoms. The van der Waals surface area contributed by atoms with Crippen molar-refractivity contribution in [2.45, 2.75) is 32.2 Å². The van der Waals surface area contributed by atoms with Crippen LogP contribution in [-0.4, -0.2) is 21.4 Å². The van der Waals surface area contributed by atoms with E-state index in [4.69, 9.17) is 4.99 Å². The van der Waals surface area contributed by atoms with E-state index in [-0.39, 0.29) is 5.54 Å². The number of aliphatic imine (C=N–C) groups is 1. The maximum atomic E-state index is 5.01. The zero-order chi connectivity index (χ0) is 15.3. The standard InChI is InChI=1S/C18H17N3S/c1-11-13-8-9-22-17(13)16(19-18(11,2)3)15-10-12-6-4-5-7-14(12)20-21-15/h4-11H,1-3H3. The number of nitrogens with zero attached hydrogens (tertiary/aromatic N) is 3. The first-order valence-electron chi connectivity index (χ1n) is 7.47. The minimum absolute atomic E-state index is 0.128. The number of aromatic nitrogens is 2. The van der Waals surface area contributed by atoms with Crippen molar-refractivity contribution in [3.63, 3.8) is 0 Å². The molecule has 0 saturated heterocycles. The number of fused-ring (bicyclic) bond motifs is 2. The Hall–Kier alpha value is -2.07. The van der Waals surface area contributed by atoms with E-state index in [9.17, 15) is 0 Å². The van der Waals surface area contributed by atoms with Crippen molar-refractivity contribution < 1.29 is 0 Å². The Morgan fingerprint density at radius 1 is 1.09 bits per heavy atom. The van der Waals surface area contributed by atoms with Gasteiger partial charge in [0.2, 0.25) is 0 Å². The third-order valence-electron chi connectivity index (χ3n) is 4.57. The zero-order valence-electron chi connectivity index (χ0n) is 12.9. The molecule has 22 heavy (non-hydrogen) atoms. The van der Waals surface area contributed by atoms with E-state index >= 15 is 0 Å². The highest BCUT2D eigenvalue weighted by molar-refractivity contribution is 7.12. The van der Waals surface area contributed by atoms with E-state index in [1.54, 1.807) is 11.3 Å². The lowest BCUT2D eigenvalue weighted by atomic mass is 9.80. The molecule has 4 heteroatoms. The molecule has 0 saturated carbocycles. The molecule has 3 heterocycles. The topological polar surface area (TPSA) is 38.1 Å². The second kappa shape index (κ2) is 4.71. The fraction of sp³-hybridized carbons (Fsp3) is 0.278. The quantitative estimate of drug-likeness (QED) is 0.667. The highest BCUT2D eigenvalue weighted by atomic mass is 32.1. The Morgan fingerprint density at radius 2 is 1.91 bits per heavy atom. The second-order valence-corrected chi connectivity index (χ2v) is 7.25. The van der Waals surface area contributed by atoms with E-state index in [1.165, 1.54) is 10.4 Å². The summed E-state index contributed by atoms with van der Waals surface area (Å²) < 4.78 is 0. The summed E-state index contributed by atoms with van der Waals surface area (Å²) >= 11 is 1.74. The Bertz CT molecular complexity index is 892. The summed E-state index contributed by atoms with van der Waals surface area (Å²) in [5.41, 5.74) is 4.00. The molecular weight excluding hydrogens is 290 g/mol. The number of thiophene rings is 1. The van der Waals surface area contributed by atoms with Crippen molar-refractivity contribution >= 4 is 28.0 Å². The molecule has 110 valence electrons. The molecule has 1 aliphatic rings.